The Balaban J connectivity index is 1.09. The van der Waals surface area contributed by atoms with Crippen LogP contribution in [0.2, 0.25) is 0 Å². The molecular formula is C22H33N3O2S. The van der Waals surface area contributed by atoms with Crippen molar-refractivity contribution in [1.82, 2.24) is 15.5 Å². The third-order valence-electron chi connectivity index (χ3n) is 7.45. The predicted octanol–water partition coefficient (Wildman–Crippen LogP) is 2.51. The highest BCUT2D eigenvalue weighted by Gasteiger charge is 2.42. The van der Waals surface area contributed by atoms with Crippen LogP contribution in [0.1, 0.15) is 49.0 Å². The highest BCUT2D eigenvalue weighted by molar-refractivity contribution is 7.10. The molecule has 2 N–H and O–H groups in total. The summed E-state index contributed by atoms with van der Waals surface area (Å²) in [6.07, 6.45) is 7.12. The molecule has 0 aliphatic carbocycles. The summed E-state index contributed by atoms with van der Waals surface area (Å²) < 4.78 is 6.28. The number of piperidine rings is 3. The van der Waals surface area contributed by atoms with E-state index in [0.29, 0.717) is 18.4 Å². The Labute approximate surface area is 172 Å². The minimum absolute atomic E-state index is 0.116. The number of nitrogens with zero attached hydrogens (tertiary/aromatic N) is 1. The molecule has 5 rings (SSSR count). The Morgan fingerprint density at radius 2 is 2.18 bits per heavy atom. The van der Waals surface area contributed by atoms with Crippen LogP contribution in [0.5, 0.6) is 0 Å². The van der Waals surface area contributed by atoms with Gasteiger partial charge in [-0.3, -0.25) is 4.79 Å². The number of ether oxygens (including phenoxy) is 1. The molecule has 4 aliphatic rings. The molecular weight excluding hydrogens is 370 g/mol. The van der Waals surface area contributed by atoms with Crippen molar-refractivity contribution in [3.8, 4) is 0 Å². The SMILES string of the molecule is O=C(CCC[C@@H]1NC[C@@H]2CNC[C@H]1C2)N1CCC2(CC1)OCCc1ccsc12. The average Bonchev–Trinajstić information content (AvgIpc) is 3.21. The molecule has 6 heteroatoms. The zero-order valence-corrected chi connectivity index (χ0v) is 17.6. The van der Waals surface area contributed by atoms with Gasteiger partial charge in [0.2, 0.25) is 5.91 Å². The molecule has 5 nitrogen and oxygen atoms in total. The second kappa shape index (κ2) is 8.05. The summed E-state index contributed by atoms with van der Waals surface area (Å²) in [6, 6.07) is 2.85. The molecule has 0 aromatic carbocycles. The summed E-state index contributed by atoms with van der Waals surface area (Å²) in [5.74, 6) is 1.90. The van der Waals surface area contributed by atoms with E-state index in [4.69, 9.17) is 4.74 Å². The first-order chi connectivity index (χ1) is 13.7. The second-order valence-corrected chi connectivity index (χ2v) is 10.1. The summed E-state index contributed by atoms with van der Waals surface area (Å²) >= 11 is 1.84. The third-order valence-corrected chi connectivity index (χ3v) is 8.60. The number of carbonyl (C=O) groups excluding carboxylic acids is 1. The number of rotatable bonds is 4. The number of amides is 1. The van der Waals surface area contributed by atoms with Gasteiger partial charge in [-0.25, -0.2) is 0 Å². The summed E-state index contributed by atoms with van der Waals surface area (Å²) in [5.41, 5.74) is 1.35. The average molecular weight is 404 g/mol. The number of carbonyl (C=O) groups is 1. The fraction of sp³-hybridized carbons (Fsp3) is 0.773. The first-order valence-corrected chi connectivity index (χ1v) is 12.0. The van der Waals surface area contributed by atoms with E-state index < -0.39 is 0 Å². The van der Waals surface area contributed by atoms with Crippen LogP contribution in [-0.2, 0) is 21.6 Å². The minimum Gasteiger partial charge on any atom is -0.369 e. The first kappa shape index (κ1) is 19.0. The van der Waals surface area contributed by atoms with Crippen LogP contribution in [0.4, 0.5) is 0 Å². The van der Waals surface area contributed by atoms with E-state index in [1.807, 2.05) is 11.3 Å². The summed E-state index contributed by atoms with van der Waals surface area (Å²) in [7, 11) is 0. The largest absolute Gasteiger partial charge is 0.369 e. The fourth-order valence-corrected chi connectivity index (χ4v) is 6.99. The van der Waals surface area contributed by atoms with Crippen molar-refractivity contribution < 1.29 is 9.53 Å². The summed E-state index contributed by atoms with van der Waals surface area (Å²) in [6.45, 7) is 5.95. The molecule has 1 amide bonds. The summed E-state index contributed by atoms with van der Waals surface area (Å²) in [5, 5.41) is 9.51. The lowest BCUT2D eigenvalue weighted by Crippen LogP contribution is -2.54. The van der Waals surface area contributed by atoms with E-state index in [1.54, 1.807) is 0 Å². The molecule has 1 aromatic rings. The highest BCUT2D eigenvalue weighted by atomic mass is 32.1. The summed E-state index contributed by atoms with van der Waals surface area (Å²) in [4.78, 5) is 16.3. The minimum atomic E-state index is -0.116. The van der Waals surface area contributed by atoms with Crippen molar-refractivity contribution in [1.29, 1.82) is 0 Å². The zero-order valence-electron chi connectivity index (χ0n) is 16.8. The van der Waals surface area contributed by atoms with Crippen molar-refractivity contribution in [3.05, 3.63) is 21.9 Å². The standard InChI is InChI=1S/C22H33N3O2S/c26-20(3-1-2-19-18-12-16(14-24-19)13-23-15-18)25-8-6-22(7-9-25)21-17(4-10-27-22)5-11-28-21/h5,11,16,18-19,23-24H,1-4,6-10,12-15H2/t16-,18+,19-/m0/s1. The van der Waals surface area contributed by atoms with Gasteiger partial charge in [-0.1, -0.05) is 0 Å². The molecule has 28 heavy (non-hydrogen) atoms. The van der Waals surface area contributed by atoms with Gasteiger partial charge in [0.15, 0.2) is 0 Å². The maximum atomic E-state index is 12.8. The zero-order chi connectivity index (χ0) is 19.0. The number of hydrogen-bond acceptors (Lipinski definition) is 5. The molecule has 4 aliphatic heterocycles. The quantitative estimate of drug-likeness (QED) is 0.811. The van der Waals surface area contributed by atoms with Crippen LogP contribution in [0, 0.1) is 11.8 Å². The number of fused-ring (bicyclic) bond motifs is 4. The van der Waals surface area contributed by atoms with Crippen molar-refractivity contribution in [2.24, 2.45) is 11.8 Å². The Morgan fingerprint density at radius 1 is 1.29 bits per heavy atom. The molecule has 1 aromatic heterocycles. The van der Waals surface area contributed by atoms with Crippen LogP contribution in [0.15, 0.2) is 11.4 Å². The lowest BCUT2D eigenvalue weighted by atomic mass is 9.80. The lowest BCUT2D eigenvalue weighted by molar-refractivity contribution is -0.140. The van der Waals surface area contributed by atoms with Gasteiger partial charge in [0.1, 0.15) is 5.60 Å². The fourth-order valence-electron chi connectivity index (χ4n) is 5.83. The third kappa shape index (κ3) is 3.64. The van der Waals surface area contributed by atoms with Gasteiger partial charge in [0, 0.05) is 30.4 Å². The molecule has 1 spiro atoms. The normalized spacial score (nSPS) is 31.6. The highest BCUT2D eigenvalue weighted by Crippen LogP contribution is 2.44. The number of hydrogen-bond donors (Lipinski definition) is 2. The Hall–Kier alpha value is -0.950. The van der Waals surface area contributed by atoms with Crippen LogP contribution in [0.25, 0.3) is 0 Å². The van der Waals surface area contributed by atoms with Gasteiger partial charge in [-0.05, 0) is 87.0 Å². The van der Waals surface area contributed by atoms with Gasteiger partial charge in [0.05, 0.1) is 6.61 Å². The van der Waals surface area contributed by atoms with Gasteiger partial charge in [-0.15, -0.1) is 11.3 Å². The van der Waals surface area contributed by atoms with Gasteiger partial charge >= 0.3 is 0 Å². The van der Waals surface area contributed by atoms with E-state index in [1.165, 1.54) is 23.4 Å². The number of nitrogens with one attached hydrogen (secondary N) is 2. The Bertz CT molecular complexity index is 698. The van der Waals surface area contributed by atoms with Crippen molar-refractivity contribution in [2.45, 2.75) is 56.6 Å². The van der Waals surface area contributed by atoms with Crippen molar-refractivity contribution >= 4 is 17.2 Å². The maximum absolute atomic E-state index is 12.8. The monoisotopic (exact) mass is 403 g/mol. The van der Waals surface area contributed by atoms with E-state index >= 15 is 0 Å². The van der Waals surface area contributed by atoms with Gasteiger partial charge in [0.25, 0.3) is 0 Å². The first-order valence-electron chi connectivity index (χ1n) is 11.2. The Morgan fingerprint density at radius 3 is 3.07 bits per heavy atom. The van der Waals surface area contributed by atoms with E-state index in [9.17, 15) is 4.79 Å². The van der Waals surface area contributed by atoms with Crippen LogP contribution in [-0.4, -0.2) is 56.2 Å². The second-order valence-electron chi connectivity index (χ2n) is 9.18. The smallest absolute Gasteiger partial charge is 0.222 e. The lowest BCUT2D eigenvalue weighted by Gasteiger charge is -2.44. The van der Waals surface area contributed by atoms with Crippen molar-refractivity contribution in [3.63, 3.8) is 0 Å². The van der Waals surface area contributed by atoms with E-state index in [0.717, 1.165) is 76.7 Å². The molecule has 5 heterocycles. The molecule has 3 fully saturated rings. The van der Waals surface area contributed by atoms with Crippen LogP contribution < -0.4 is 10.6 Å². The van der Waals surface area contributed by atoms with E-state index in [2.05, 4.69) is 27.0 Å². The molecule has 3 atom stereocenters. The van der Waals surface area contributed by atoms with Gasteiger partial charge < -0.3 is 20.3 Å². The maximum Gasteiger partial charge on any atom is 0.222 e. The van der Waals surface area contributed by atoms with Gasteiger partial charge in [-0.2, -0.15) is 0 Å². The molecule has 0 unspecified atom stereocenters. The molecule has 0 radical (unpaired) electrons. The number of likely N-dealkylation sites (tertiary alicyclic amines) is 1. The Kier molecular flexibility index (Phi) is 5.48. The number of thiophene rings is 1. The molecule has 3 saturated heterocycles. The van der Waals surface area contributed by atoms with Crippen LogP contribution >= 0.6 is 11.3 Å². The molecule has 0 saturated carbocycles. The van der Waals surface area contributed by atoms with E-state index in [-0.39, 0.29) is 5.60 Å². The predicted molar refractivity (Wildman–Crippen MR) is 112 cm³/mol. The molecule has 154 valence electrons. The molecule has 2 bridgehead atoms. The van der Waals surface area contributed by atoms with Crippen LogP contribution in [0.3, 0.4) is 0 Å². The van der Waals surface area contributed by atoms with Crippen molar-refractivity contribution in [2.75, 3.05) is 39.3 Å². The topological polar surface area (TPSA) is 53.6 Å².